The van der Waals surface area contributed by atoms with Crippen molar-refractivity contribution in [3.63, 3.8) is 0 Å². The summed E-state index contributed by atoms with van der Waals surface area (Å²) in [5, 5.41) is 9.58. The molecule has 1 fully saturated rings. The van der Waals surface area contributed by atoms with E-state index in [1.807, 2.05) is 0 Å². The first-order chi connectivity index (χ1) is 11.0. The molecule has 1 aliphatic rings. The lowest BCUT2D eigenvalue weighted by atomic mass is 9.79. The van der Waals surface area contributed by atoms with Crippen LogP contribution in [0, 0.1) is 5.92 Å². The minimum Gasteiger partial charge on any atom is -0.506 e. The summed E-state index contributed by atoms with van der Waals surface area (Å²) in [6.07, 6.45) is 4.93. The molecule has 1 saturated carbocycles. The van der Waals surface area contributed by atoms with Crippen molar-refractivity contribution in [3.05, 3.63) is 35.9 Å². The summed E-state index contributed by atoms with van der Waals surface area (Å²) in [5.41, 5.74) is 22.9. The van der Waals surface area contributed by atoms with Crippen molar-refractivity contribution < 1.29 is 5.11 Å². The number of nitrogens with two attached hydrogens (primary N) is 3. The molecular weight excluding hydrogens is 286 g/mol. The number of nitrogen functional groups attached to an aromatic ring is 3. The van der Waals surface area contributed by atoms with E-state index in [0.717, 1.165) is 17.0 Å². The molecule has 7 N–H and O–H groups in total. The van der Waals surface area contributed by atoms with E-state index in [-0.39, 0.29) is 5.75 Å². The zero-order chi connectivity index (χ0) is 16.6. The Morgan fingerprint density at radius 1 is 0.870 bits per heavy atom. The molecule has 2 aromatic carbocycles. The van der Waals surface area contributed by atoms with Gasteiger partial charge in [0.05, 0.1) is 5.69 Å². The summed E-state index contributed by atoms with van der Waals surface area (Å²) in [7, 11) is 0. The van der Waals surface area contributed by atoms with Gasteiger partial charge in [0.2, 0.25) is 0 Å². The fourth-order valence-electron chi connectivity index (χ4n) is 3.58. The molecule has 23 heavy (non-hydrogen) atoms. The van der Waals surface area contributed by atoms with Crippen molar-refractivity contribution in [1.29, 1.82) is 0 Å². The molecule has 2 aromatic rings. The van der Waals surface area contributed by atoms with Crippen LogP contribution in [0.5, 0.6) is 5.75 Å². The minimum absolute atomic E-state index is 0.0684. The smallest absolute Gasteiger partial charge is 0.138 e. The molecule has 4 nitrogen and oxygen atoms in total. The lowest BCUT2D eigenvalue weighted by Gasteiger charge is -2.27. The molecule has 0 saturated heterocycles. The predicted molar refractivity (Wildman–Crippen MR) is 97.2 cm³/mol. The van der Waals surface area contributed by atoms with Gasteiger partial charge in [0.15, 0.2) is 0 Å². The molecule has 122 valence electrons. The fourth-order valence-corrected chi connectivity index (χ4v) is 3.58. The molecule has 0 spiro atoms. The summed E-state index contributed by atoms with van der Waals surface area (Å²) in [4.78, 5) is 0. The monoisotopic (exact) mass is 311 g/mol. The largest absolute Gasteiger partial charge is 0.506 e. The Labute approximate surface area is 137 Å². The molecule has 0 radical (unpaired) electrons. The standard InChI is InChI=1S/C19H25N3O/c1-11-2-4-12(5-3-11)14-9-16(21)19(17(22)10-14)13-6-7-18(23)15(20)8-13/h6-12,23H,2-5,20-22H2,1H3. The molecule has 4 heteroatoms. The van der Waals surface area contributed by atoms with E-state index in [1.54, 1.807) is 18.2 Å². The van der Waals surface area contributed by atoms with Gasteiger partial charge >= 0.3 is 0 Å². The summed E-state index contributed by atoms with van der Waals surface area (Å²) in [5.74, 6) is 1.44. The van der Waals surface area contributed by atoms with E-state index in [2.05, 4.69) is 19.1 Å². The Kier molecular flexibility index (Phi) is 4.07. The topological polar surface area (TPSA) is 98.3 Å². The van der Waals surface area contributed by atoms with Crippen LogP contribution in [0.2, 0.25) is 0 Å². The lowest BCUT2D eigenvalue weighted by Crippen LogP contribution is -2.11. The molecule has 0 unspecified atom stereocenters. The lowest BCUT2D eigenvalue weighted by molar-refractivity contribution is 0.348. The number of phenolic OH excluding ortho intramolecular Hbond substituents is 1. The van der Waals surface area contributed by atoms with Crippen LogP contribution in [-0.4, -0.2) is 5.11 Å². The zero-order valence-corrected chi connectivity index (χ0v) is 13.5. The van der Waals surface area contributed by atoms with Gasteiger partial charge in [0.25, 0.3) is 0 Å². The van der Waals surface area contributed by atoms with Crippen LogP contribution in [0.15, 0.2) is 30.3 Å². The van der Waals surface area contributed by atoms with Crippen LogP contribution in [0.1, 0.15) is 44.1 Å². The average Bonchev–Trinajstić information content (AvgIpc) is 2.51. The van der Waals surface area contributed by atoms with Gasteiger partial charge in [0.1, 0.15) is 5.75 Å². The first-order valence-corrected chi connectivity index (χ1v) is 8.23. The summed E-state index contributed by atoms with van der Waals surface area (Å²) in [6.45, 7) is 2.32. The average molecular weight is 311 g/mol. The summed E-state index contributed by atoms with van der Waals surface area (Å²) in [6, 6.07) is 9.17. The number of anilines is 3. The van der Waals surface area contributed by atoms with Gasteiger partial charge in [-0.2, -0.15) is 0 Å². The third kappa shape index (κ3) is 3.07. The van der Waals surface area contributed by atoms with E-state index < -0.39 is 0 Å². The van der Waals surface area contributed by atoms with Crippen LogP contribution in [-0.2, 0) is 0 Å². The molecule has 1 aliphatic carbocycles. The van der Waals surface area contributed by atoms with Gasteiger partial charge < -0.3 is 22.3 Å². The molecule has 0 amide bonds. The van der Waals surface area contributed by atoms with Gasteiger partial charge in [-0.25, -0.2) is 0 Å². The first-order valence-electron chi connectivity index (χ1n) is 8.23. The molecular formula is C19H25N3O. The highest BCUT2D eigenvalue weighted by Gasteiger charge is 2.21. The van der Waals surface area contributed by atoms with Crippen molar-refractivity contribution in [1.82, 2.24) is 0 Å². The Hall–Kier alpha value is -2.36. The van der Waals surface area contributed by atoms with Crippen molar-refractivity contribution in [2.24, 2.45) is 5.92 Å². The third-order valence-electron chi connectivity index (χ3n) is 5.03. The van der Waals surface area contributed by atoms with Crippen molar-refractivity contribution >= 4 is 17.1 Å². The number of phenols is 1. The van der Waals surface area contributed by atoms with E-state index in [1.165, 1.54) is 31.2 Å². The number of rotatable bonds is 2. The van der Waals surface area contributed by atoms with E-state index in [0.29, 0.717) is 23.0 Å². The van der Waals surface area contributed by atoms with E-state index in [4.69, 9.17) is 17.2 Å². The van der Waals surface area contributed by atoms with E-state index in [9.17, 15) is 5.11 Å². The highest BCUT2D eigenvalue weighted by molar-refractivity contribution is 5.88. The number of hydrogen-bond donors (Lipinski definition) is 4. The second kappa shape index (κ2) is 6.03. The van der Waals surface area contributed by atoms with Crippen LogP contribution < -0.4 is 17.2 Å². The van der Waals surface area contributed by atoms with Crippen LogP contribution in [0.4, 0.5) is 17.1 Å². The van der Waals surface area contributed by atoms with E-state index >= 15 is 0 Å². The van der Waals surface area contributed by atoms with Gasteiger partial charge in [-0.1, -0.05) is 25.8 Å². The molecule has 0 aliphatic heterocycles. The van der Waals surface area contributed by atoms with Gasteiger partial charge in [-0.15, -0.1) is 0 Å². The Balaban J connectivity index is 1.95. The number of aromatic hydroxyl groups is 1. The number of hydrogen-bond acceptors (Lipinski definition) is 4. The maximum absolute atomic E-state index is 9.58. The molecule has 0 bridgehead atoms. The predicted octanol–water partition coefficient (Wildman–Crippen LogP) is 4.10. The Morgan fingerprint density at radius 2 is 1.48 bits per heavy atom. The summed E-state index contributed by atoms with van der Waals surface area (Å²) < 4.78 is 0. The van der Waals surface area contributed by atoms with Gasteiger partial charge in [0, 0.05) is 16.9 Å². The second-order valence-electron chi connectivity index (χ2n) is 6.80. The number of benzene rings is 2. The SMILES string of the molecule is CC1CCC(c2cc(N)c(-c3ccc(O)c(N)c3)c(N)c2)CC1. The van der Waals surface area contributed by atoms with Crippen LogP contribution in [0.25, 0.3) is 11.1 Å². The van der Waals surface area contributed by atoms with Crippen molar-refractivity contribution in [2.75, 3.05) is 17.2 Å². The molecule has 3 rings (SSSR count). The highest BCUT2D eigenvalue weighted by atomic mass is 16.3. The Morgan fingerprint density at radius 3 is 2.04 bits per heavy atom. The quantitative estimate of drug-likeness (QED) is 0.495. The molecule has 0 atom stereocenters. The highest BCUT2D eigenvalue weighted by Crippen LogP contribution is 2.41. The fraction of sp³-hybridized carbons (Fsp3) is 0.368. The van der Waals surface area contributed by atoms with Crippen LogP contribution in [0.3, 0.4) is 0 Å². The minimum atomic E-state index is 0.0684. The van der Waals surface area contributed by atoms with Crippen LogP contribution >= 0.6 is 0 Å². The third-order valence-corrected chi connectivity index (χ3v) is 5.03. The zero-order valence-electron chi connectivity index (χ0n) is 13.5. The molecule has 0 aromatic heterocycles. The first kappa shape index (κ1) is 15.5. The van der Waals surface area contributed by atoms with Crippen molar-refractivity contribution in [3.8, 4) is 16.9 Å². The normalized spacial score (nSPS) is 21.3. The molecule has 0 heterocycles. The van der Waals surface area contributed by atoms with Gasteiger partial charge in [-0.3, -0.25) is 0 Å². The van der Waals surface area contributed by atoms with Crippen molar-refractivity contribution in [2.45, 2.75) is 38.5 Å². The summed E-state index contributed by atoms with van der Waals surface area (Å²) >= 11 is 0. The second-order valence-corrected chi connectivity index (χ2v) is 6.80. The maximum Gasteiger partial charge on any atom is 0.138 e. The Bertz CT molecular complexity index is 696. The van der Waals surface area contributed by atoms with Gasteiger partial charge in [-0.05, 0) is 60.1 Å². The maximum atomic E-state index is 9.58.